The molecule has 0 heterocycles. The molecule has 5 heteroatoms. The molecule has 0 aliphatic heterocycles. The van der Waals surface area contributed by atoms with Crippen molar-refractivity contribution in [2.24, 2.45) is 5.41 Å². The lowest BCUT2D eigenvalue weighted by molar-refractivity contribution is -0.274. The van der Waals surface area contributed by atoms with Gasteiger partial charge in [0.1, 0.15) is 5.75 Å². The highest BCUT2D eigenvalue weighted by Gasteiger charge is 2.38. The molecule has 1 N–H and O–H groups in total. The first-order chi connectivity index (χ1) is 9.84. The van der Waals surface area contributed by atoms with Crippen molar-refractivity contribution in [2.45, 2.75) is 51.9 Å². The number of benzene rings is 1. The smallest absolute Gasteiger partial charge is 0.406 e. The first kappa shape index (κ1) is 16.1. The second-order valence-corrected chi connectivity index (χ2v) is 5.97. The maximum Gasteiger partial charge on any atom is 0.573 e. The van der Waals surface area contributed by atoms with E-state index in [2.05, 4.69) is 17.0 Å². The van der Waals surface area contributed by atoms with Crippen LogP contribution in [0.1, 0.15) is 51.1 Å². The van der Waals surface area contributed by atoms with Gasteiger partial charge in [0.25, 0.3) is 0 Å². The fourth-order valence-corrected chi connectivity index (χ4v) is 3.33. The second kappa shape index (κ2) is 6.26. The van der Waals surface area contributed by atoms with Crippen LogP contribution in [0.2, 0.25) is 0 Å². The maximum atomic E-state index is 12.4. The zero-order chi connectivity index (χ0) is 15.5. The van der Waals surface area contributed by atoms with E-state index in [1.807, 2.05) is 13.0 Å². The van der Waals surface area contributed by atoms with Crippen LogP contribution in [-0.4, -0.2) is 12.9 Å². The van der Waals surface area contributed by atoms with Crippen LogP contribution in [0.15, 0.2) is 24.3 Å². The van der Waals surface area contributed by atoms with Crippen molar-refractivity contribution < 1.29 is 17.9 Å². The Bertz CT molecular complexity index is 467. The lowest BCUT2D eigenvalue weighted by Gasteiger charge is -2.35. The molecule has 1 aromatic carbocycles. The normalized spacial score (nSPS) is 19.5. The van der Waals surface area contributed by atoms with E-state index >= 15 is 0 Å². The summed E-state index contributed by atoms with van der Waals surface area (Å²) in [5.74, 6) is -0.149. The molecule has 2 rings (SSSR count). The molecule has 0 saturated heterocycles. The van der Waals surface area contributed by atoms with Crippen molar-refractivity contribution in [3.05, 3.63) is 29.8 Å². The number of hydrogen-bond donors (Lipinski definition) is 1. The largest absolute Gasteiger partial charge is 0.573 e. The molecule has 1 fully saturated rings. The van der Waals surface area contributed by atoms with Crippen LogP contribution in [0.5, 0.6) is 5.75 Å². The fraction of sp³-hybridized carbons (Fsp3) is 0.625. The third-order valence-electron chi connectivity index (χ3n) is 4.28. The monoisotopic (exact) mass is 301 g/mol. The van der Waals surface area contributed by atoms with Crippen molar-refractivity contribution in [1.82, 2.24) is 5.32 Å². The minimum atomic E-state index is -4.65. The first-order valence-corrected chi connectivity index (χ1v) is 7.43. The van der Waals surface area contributed by atoms with Crippen LogP contribution >= 0.6 is 0 Å². The second-order valence-electron chi connectivity index (χ2n) is 5.97. The molecule has 0 spiro atoms. The van der Waals surface area contributed by atoms with E-state index in [0.29, 0.717) is 0 Å². The van der Waals surface area contributed by atoms with Crippen molar-refractivity contribution in [3.63, 3.8) is 0 Å². The summed E-state index contributed by atoms with van der Waals surface area (Å²) in [6.45, 7) is 5.01. The van der Waals surface area contributed by atoms with E-state index in [0.717, 1.165) is 24.9 Å². The Labute approximate surface area is 123 Å². The van der Waals surface area contributed by atoms with Crippen LogP contribution in [-0.2, 0) is 0 Å². The molecule has 21 heavy (non-hydrogen) atoms. The van der Waals surface area contributed by atoms with Gasteiger partial charge in [0.05, 0.1) is 0 Å². The van der Waals surface area contributed by atoms with Crippen molar-refractivity contribution >= 4 is 0 Å². The summed E-state index contributed by atoms with van der Waals surface area (Å²) in [5, 5.41) is 3.43. The molecule has 0 amide bonds. The van der Waals surface area contributed by atoms with E-state index in [4.69, 9.17) is 0 Å². The van der Waals surface area contributed by atoms with E-state index in [1.165, 1.54) is 25.0 Å². The summed E-state index contributed by atoms with van der Waals surface area (Å²) in [5.41, 5.74) is 0.954. The van der Waals surface area contributed by atoms with Crippen molar-refractivity contribution in [2.75, 3.05) is 6.54 Å². The minimum Gasteiger partial charge on any atom is -0.406 e. The van der Waals surface area contributed by atoms with Crippen LogP contribution < -0.4 is 10.1 Å². The summed E-state index contributed by atoms with van der Waals surface area (Å²) < 4.78 is 41.1. The highest BCUT2D eigenvalue weighted by Crippen LogP contribution is 2.47. The van der Waals surface area contributed by atoms with Gasteiger partial charge >= 0.3 is 6.36 Å². The molecular formula is C16H22F3NO. The average Bonchev–Trinajstić information content (AvgIpc) is 2.82. The molecule has 1 atom stereocenters. The van der Waals surface area contributed by atoms with Gasteiger partial charge in [-0.2, -0.15) is 0 Å². The standard InChI is InChI=1S/C16H22F3NO/c1-3-20-14(15(2)9-4-5-10-15)12-7-6-8-13(11-12)21-16(17,18)19/h6-8,11,14,20H,3-5,9-10H2,1-2H3. The Kier molecular flexibility index (Phi) is 4.81. The predicted molar refractivity (Wildman–Crippen MR) is 76.1 cm³/mol. The molecule has 2 nitrogen and oxygen atoms in total. The zero-order valence-corrected chi connectivity index (χ0v) is 12.5. The summed E-state index contributed by atoms with van der Waals surface area (Å²) in [6, 6.07) is 6.40. The molecule has 1 aliphatic carbocycles. The first-order valence-electron chi connectivity index (χ1n) is 7.43. The van der Waals surface area contributed by atoms with E-state index in [-0.39, 0.29) is 17.2 Å². The van der Waals surface area contributed by atoms with Gasteiger partial charge in [-0.05, 0) is 42.5 Å². The zero-order valence-electron chi connectivity index (χ0n) is 12.5. The van der Waals surface area contributed by atoms with Crippen LogP contribution in [0.4, 0.5) is 13.2 Å². The highest BCUT2D eigenvalue weighted by atomic mass is 19.4. The van der Waals surface area contributed by atoms with E-state index < -0.39 is 6.36 Å². The van der Waals surface area contributed by atoms with Gasteiger partial charge in [-0.25, -0.2) is 0 Å². The van der Waals surface area contributed by atoms with Gasteiger partial charge in [0.2, 0.25) is 0 Å². The molecule has 118 valence electrons. The molecule has 0 radical (unpaired) electrons. The van der Waals surface area contributed by atoms with Gasteiger partial charge in [-0.1, -0.05) is 38.8 Å². The Morgan fingerprint density at radius 1 is 1.29 bits per heavy atom. The number of alkyl halides is 3. The Hall–Kier alpha value is -1.23. The van der Waals surface area contributed by atoms with Crippen LogP contribution in [0, 0.1) is 5.41 Å². The number of nitrogens with one attached hydrogen (secondary N) is 1. The Morgan fingerprint density at radius 3 is 2.52 bits per heavy atom. The molecule has 1 aliphatic rings. The molecule has 0 aromatic heterocycles. The average molecular weight is 301 g/mol. The number of halogens is 3. The summed E-state index contributed by atoms with van der Waals surface area (Å²) in [4.78, 5) is 0. The topological polar surface area (TPSA) is 21.3 Å². The van der Waals surface area contributed by atoms with Crippen LogP contribution in [0.3, 0.4) is 0 Å². The summed E-state index contributed by atoms with van der Waals surface area (Å²) in [7, 11) is 0. The van der Waals surface area contributed by atoms with Crippen LogP contribution in [0.25, 0.3) is 0 Å². The third kappa shape index (κ3) is 4.13. The fourth-order valence-electron chi connectivity index (χ4n) is 3.33. The van der Waals surface area contributed by atoms with Gasteiger partial charge in [-0.15, -0.1) is 13.2 Å². The Morgan fingerprint density at radius 2 is 1.95 bits per heavy atom. The summed E-state index contributed by atoms with van der Waals surface area (Å²) in [6.07, 6.45) is -0.109. The maximum absolute atomic E-state index is 12.4. The quantitative estimate of drug-likeness (QED) is 0.842. The number of hydrogen-bond acceptors (Lipinski definition) is 2. The molecule has 1 unspecified atom stereocenters. The molecule has 1 aromatic rings. The van der Waals surface area contributed by atoms with Gasteiger partial charge < -0.3 is 10.1 Å². The molecular weight excluding hydrogens is 279 g/mol. The van der Waals surface area contributed by atoms with Gasteiger partial charge in [-0.3, -0.25) is 0 Å². The lowest BCUT2D eigenvalue weighted by atomic mass is 9.77. The Balaban J connectivity index is 2.26. The lowest BCUT2D eigenvalue weighted by Crippen LogP contribution is -2.34. The van der Waals surface area contributed by atoms with Crippen molar-refractivity contribution in [1.29, 1.82) is 0 Å². The highest BCUT2D eigenvalue weighted by molar-refractivity contribution is 5.32. The minimum absolute atomic E-state index is 0.0572. The third-order valence-corrected chi connectivity index (χ3v) is 4.28. The number of rotatable bonds is 5. The van der Waals surface area contributed by atoms with Gasteiger partial charge in [0, 0.05) is 6.04 Å². The molecule has 1 saturated carbocycles. The number of ether oxygens (including phenoxy) is 1. The van der Waals surface area contributed by atoms with Crippen molar-refractivity contribution in [3.8, 4) is 5.75 Å². The molecule has 0 bridgehead atoms. The van der Waals surface area contributed by atoms with Gasteiger partial charge in [0.15, 0.2) is 0 Å². The summed E-state index contributed by atoms with van der Waals surface area (Å²) >= 11 is 0. The predicted octanol–water partition coefficient (Wildman–Crippen LogP) is 4.82. The van der Waals surface area contributed by atoms with E-state index in [1.54, 1.807) is 6.07 Å². The van der Waals surface area contributed by atoms with E-state index in [9.17, 15) is 13.2 Å². The SMILES string of the molecule is CCNC(c1cccc(OC(F)(F)F)c1)C1(C)CCCC1.